The van der Waals surface area contributed by atoms with Crippen molar-refractivity contribution in [3.63, 3.8) is 0 Å². The van der Waals surface area contributed by atoms with E-state index in [9.17, 15) is 10.1 Å². The molecule has 1 saturated heterocycles. The molecule has 0 radical (unpaired) electrons. The van der Waals surface area contributed by atoms with Gasteiger partial charge < -0.3 is 9.32 Å². The Morgan fingerprint density at radius 2 is 1.90 bits per heavy atom. The Hall–Kier alpha value is -2.64. The molecule has 1 aliphatic heterocycles. The Labute approximate surface area is 179 Å². The number of aromatic nitrogens is 1. The molecule has 2 unspecified atom stereocenters. The summed E-state index contributed by atoms with van der Waals surface area (Å²) < 4.78 is 5.91. The summed E-state index contributed by atoms with van der Waals surface area (Å²) in [6.45, 7) is 3.97. The van der Waals surface area contributed by atoms with Gasteiger partial charge in [0, 0.05) is 44.2 Å². The molecule has 2 aliphatic rings. The van der Waals surface area contributed by atoms with Crippen molar-refractivity contribution in [2.24, 2.45) is 0 Å². The maximum Gasteiger partial charge on any atom is 0.273 e. The average Bonchev–Trinajstić information content (AvgIpc) is 3.41. The Balaban J connectivity index is 1.23. The molecule has 0 amide bonds. The number of fused-ring (bicyclic) bond motifs is 1. The van der Waals surface area contributed by atoms with Crippen LogP contribution in [0, 0.1) is 10.1 Å². The molecule has 30 heavy (non-hydrogen) atoms. The summed E-state index contributed by atoms with van der Waals surface area (Å²) in [4.78, 5) is 20.1. The van der Waals surface area contributed by atoms with Crippen molar-refractivity contribution in [3.05, 3.63) is 63.5 Å². The lowest BCUT2D eigenvalue weighted by atomic mass is 10.1. The molecule has 5 rings (SSSR count). The van der Waals surface area contributed by atoms with Crippen LogP contribution in [0.3, 0.4) is 0 Å². The van der Waals surface area contributed by atoms with E-state index in [1.54, 1.807) is 6.07 Å². The van der Waals surface area contributed by atoms with Crippen LogP contribution >= 0.6 is 11.6 Å². The molecule has 0 N–H and O–H groups in total. The molecule has 7 nitrogen and oxygen atoms in total. The minimum Gasteiger partial charge on any atom is -0.440 e. The zero-order valence-electron chi connectivity index (χ0n) is 16.5. The highest BCUT2D eigenvalue weighted by Crippen LogP contribution is 2.38. The second kappa shape index (κ2) is 7.89. The molecule has 2 fully saturated rings. The molecule has 1 saturated carbocycles. The van der Waals surface area contributed by atoms with Gasteiger partial charge in [-0.15, -0.1) is 0 Å². The zero-order chi connectivity index (χ0) is 20.7. The van der Waals surface area contributed by atoms with E-state index in [4.69, 9.17) is 16.0 Å². The number of para-hydroxylation sites is 1. The molecule has 2 aromatic carbocycles. The third-order valence-electron chi connectivity index (χ3n) is 6.38. The summed E-state index contributed by atoms with van der Waals surface area (Å²) >= 11 is 6.36. The average molecular weight is 427 g/mol. The predicted molar refractivity (Wildman–Crippen MR) is 116 cm³/mol. The van der Waals surface area contributed by atoms with E-state index in [-0.39, 0.29) is 11.6 Å². The van der Waals surface area contributed by atoms with Gasteiger partial charge in [0.2, 0.25) is 0 Å². The number of hydrogen-bond acceptors (Lipinski definition) is 6. The van der Waals surface area contributed by atoms with Gasteiger partial charge >= 0.3 is 0 Å². The Morgan fingerprint density at radius 3 is 2.67 bits per heavy atom. The minimum atomic E-state index is -0.407. The highest BCUT2D eigenvalue weighted by Gasteiger charge is 2.34. The summed E-state index contributed by atoms with van der Waals surface area (Å²) in [7, 11) is 0. The smallest absolute Gasteiger partial charge is 0.273 e. The minimum absolute atomic E-state index is 0.0332. The third kappa shape index (κ3) is 3.63. The fourth-order valence-corrected chi connectivity index (χ4v) is 5.02. The van der Waals surface area contributed by atoms with Crippen molar-refractivity contribution >= 4 is 34.1 Å². The van der Waals surface area contributed by atoms with Crippen LogP contribution in [0.4, 0.5) is 11.4 Å². The highest BCUT2D eigenvalue weighted by atomic mass is 35.5. The summed E-state index contributed by atoms with van der Waals surface area (Å²) in [6.07, 6.45) is 3.17. The lowest BCUT2D eigenvalue weighted by Gasteiger charge is -2.39. The van der Waals surface area contributed by atoms with Gasteiger partial charge in [-0.1, -0.05) is 23.7 Å². The number of oxazole rings is 1. The first kappa shape index (κ1) is 19.3. The number of non-ortho nitro benzene ring substituents is 1. The molecule has 0 spiro atoms. The molecule has 1 aromatic heterocycles. The second-order valence-corrected chi connectivity index (χ2v) is 8.51. The first-order valence-electron chi connectivity index (χ1n) is 10.4. The van der Waals surface area contributed by atoms with E-state index in [0.29, 0.717) is 23.0 Å². The van der Waals surface area contributed by atoms with Crippen molar-refractivity contribution in [2.45, 2.75) is 31.2 Å². The molecular weight excluding hydrogens is 404 g/mol. The number of nitro benzene ring substituents is 1. The van der Waals surface area contributed by atoms with Crippen molar-refractivity contribution in [1.29, 1.82) is 0 Å². The van der Waals surface area contributed by atoms with Crippen molar-refractivity contribution in [1.82, 2.24) is 9.88 Å². The maximum atomic E-state index is 11.0. The Kier molecular flexibility index (Phi) is 5.08. The van der Waals surface area contributed by atoms with E-state index in [1.165, 1.54) is 12.1 Å². The fourth-order valence-electron chi connectivity index (χ4n) is 4.77. The van der Waals surface area contributed by atoms with Gasteiger partial charge in [0.15, 0.2) is 11.5 Å². The molecule has 1 aliphatic carbocycles. The standard InChI is InChI=1S/C22H23ClN4O3/c23-18-3-1-2-4-20(18)26-11-9-25(10-12-26)16-6-5-15(13-16)22-24-19-8-7-17(27(28)29)14-21(19)30-22/h1-4,7-8,14-16H,5-6,9-13H2. The van der Waals surface area contributed by atoms with E-state index >= 15 is 0 Å². The Morgan fingerprint density at radius 1 is 1.10 bits per heavy atom. The zero-order valence-corrected chi connectivity index (χ0v) is 17.3. The molecule has 8 heteroatoms. The number of nitro groups is 1. The topological polar surface area (TPSA) is 75.7 Å². The third-order valence-corrected chi connectivity index (χ3v) is 6.70. The van der Waals surface area contributed by atoms with E-state index in [1.807, 2.05) is 18.2 Å². The number of benzene rings is 2. The van der Waals surface area contributed by atoms with Crippen molar-refractivity contribution in [3.8, 4) is 0 Å². The highest BCUT2D eigenvalue weighted by molar-refractivity contribution is 6.33. The number of nitrogens with zero attached hydrogens (tertiary/aromatic N) is 4. The predicted octanol–water partition coefficient (Wildman–Crippen LogP) is 4.85. The van der Waals surface area contributed by atoms with Crippen LogP contribution < -0.4 is 4.90 Å². The van der Waals surface area contributed by atoms with Crippen LogP contribution in [0.15, 0.2) is 46.9 Å². The van der Waals surface area contributed by atoms with Gasteiger partial charge in [0.25, 0.3) is 5.69 Å². The number of rotatable bonds is 4. The lowest BCUT2D eigenvalue weighted by molar-refractivity contribution is -0.384. The lowest BCUT2D eigenvalue weighted by Crippen LogP contribution is -2.49. The number of halogens is 1. The van der Waals surface area contributed by atoms with Gasteiger partial charge in [0.1, 0.15) is 5.52 Å². The SMILES string of the molecule is O=[N+]([O-])c1ccc2nc(C3CCC(N4CCN(c5ccccc5Cl)CC4)C3)oc2c1. The van der Waals surface area contributed by atoms with Crippen LogP contribution in [0.5, 0.6) is 0 Å². The summed E-state index contributed by atoms with van der Waals surface area (Å²) in [6, 6.07) is 13.2. The summed E-state index contributed by atoms with van der Waals surface area (Å²) in [5.41, 5.74) is 2.33. The molecule has 156 valence electrons. The van der Waals surface area contributed by atoms with E-state index < -0.39 is 4.92 Å². The van der Waals surface area contributed by atoms with Crippen LogP contribution in [-0.4, -0.2) is 47.0 Å². The first-order chi connectivity index (χ1) is 14.6. The van der Waals surface area contributed by atoms with Gasteiger partial charge in [-0.05, 0) is 37.5 Å². The van der Waals surface area contributed by atoms with Crippen LogP contribution in [0.1, 0.15) is 31.1 Å². The van der Waals surface area contributed by atoms with Gasteiger partial charge in [-0.25, -0.2) is 4.98 Å². The number of anilines is 1. The molecular formula is C22H23ClN4O3. The number of hydrogen-bond donors (Lipinski definition) is 0. The van der Waals surface area contributed by atoms with Gasteiger partial charge in [-0.3, -0.25) is 15.0 Å². The molecule has 0 bridgehead atoms. The van der Waals surface area contributed by atoms with Gasteiger partial charge in [0.05, 0.1) is 21.7 Å². The van der Waals surface area contributed by atoms with E-state index in [2.05, 4.69) is 20.9 Å². The van der Waals surface area contributed by atoms with Crippen LogP contribution in [0.25, 0.3) is 11.1 Å². The Bertz CT molecular complexity index is 1080. The monoisotopic (exact) mass is 426 g/mol. The number of piperazine rings is 1. The fraction of sp³-hybridized carbons (Fsp3) is 0.409. The molecule has 3 aromatic rings. The van der Waals surface area contributed by atoms with Crippen LogP contribution in [0.2, 0.25) is 5.02 Å². The normalized spacial score (nSPS) is 22.6. The van der Waals surface area contributed by atoms with E-state index in [0.717, 1.165) is 56.2 Å². The van der Waals surface area contributed by atoms with Crippen molar-refractivity contribution in [2.75, 3.05) is 31.1 Å². The maximum absolute atomic E-state index is 11.0. The first-order valence-corrected chi connectivity index (χ1v) is 10.7. The summed E-state index contributed by atoms with van der Waals surface area (Å²) in [5.74, 6) is 0.978. The molecule has 2 heterocycles. The van der Waals surface area contributed by atoms with Crippen LogP contribution in [-0.2, 0) is 0 Å². The van der Waals surface area contributed by atoms with Gasteiger partial charge in [-0.2, -0.15) is 0 Å². The van der Waals surface area contributed by atoms with Crippen molar-refractivity contribution < 1.29 is 9.34 Å². The summed E-state index contributed by atoms with van der Waals surface area (Å²) in [5, 5.41) is 11.8. The quantitative estimate of drug-likeness (QED) is 0.438. The largest absolute Gasteiger partial charge is 0.440 e. The molecule has 2 atom stereocenters. The second-order valence-electron chi connectivity index (χ2n) is 8.10.